The van der Waals surface area contributed by atoms with E-state index in [1.54, 1.807) is 17.4 Å². The van der Waals surface area contributed by atoms with Gasteiger partial charge < -0.3 is 25.5 Å². The van der Waals surface area contributed by atoms with Crippen LogP contribution in [0.25, 0.3) is 10.1 Å². The van der Waals surface area contributed by atoms with E-state index >= 15 is 0 Å². The third kappa shape index (κ3) is 5.84. The fraction of sp³-hybridized carbons (Fsp3) is 0.364. The van der Waals surface area contributed by atoms with E-state index in [-0.39, 0.29) is 12.5 Å². The van der Waals surface area contributed by atoms with Crippen molar-refractivity contribution in [3.63, 3.8) is 0 Å². The molecule has 1 amide bonds. The SMILES string of the molecule is CCNC(=NCC(O)c1cc2ccccc2s1)NCCCNC(=O)c1occc1C. The van der Waals surface area contributed by atoms with Gasteiger partial charge in [-0.05, 0) is 43.9 Å². The number of thiophene rings is 1. The van der Waals surface area contributed by atoms with Crippen LogP contribution in [0, 0.1) is 6.92 Å². The molecule has 0 saturated heterocycles. The van der Waals surface area contributed by atoms with E-state index in [9.17, 15) is 9.90 Å². The van der Waals surface area contributed by atoms with Crippen molar-refractivity contribution in [2.45, 2.75) is 26.4 Å². The van der Waals surface area contributed by atoms with Gasteiger partial charge in [-0.25, -0.2) is 0 Å². The van der Waals surface area contributed by atoms with Crippen LogP contribution >= 0.6 is 11.3 Å². The molecule has 1 atom stereocenters. The molecule has 3 rings (SSSR count). The third-order valence-electron chi connectivity index (χ3n) is 4.54. The summed E-state index contributed by atoms with van der Waals surface area (Å²) in [6.45, 7) is 5.99. The van der Waals surface area contributed by atoms with Crippen molar-refractivity contribution in [2.24, 2.45) is 4.99 Å². The topological polar surface area (TPSA) is 98.9 Å². The summed E-state index contributed by atoms with van der Waals surface area (Å²) in [4.78, 5) is 17.4. The second kappa shape index (κ2) is 10.8. The highest BCUT2D eigenvalue weighted by molar-refractivity contribution is 7.19. The molecular formula is C22H28N4O3S. The fourth-order valence-electron chi connectivity index (χ4n) is 2.96. The molecule has 0 aliphatic heterocycles. The second-order valence-corrected chi connectivity index (χ2v) is 8.01. The van der Waals surface area contributed by atoms with Gasteiger partial charge >= 0.3 is 0 Å². The highest BCUT2D eigenvalue weighted by Gasteiger charge is 2.12. The Labute approximate surface area is 180 Å². The summed E-state index contributed by atoms with van der Waals surface area (Å²) in [5.41, 5.74) is 0.824. The first kappa shape index (κ1) is 21.9. The van der Waals surface area contributed by atoms with Gasteiger partial charge in [-0.3, -0.25) is 9.79 Å². The Morgan fingerprint density at radius 2 is 2.00 bits per heavy atom. The Balaban J connectivity index is 1.44. The molecule has 160 valence electrons. The van der Waals surface area contributed by atoms with E-state index in [2.05, 4.69) is 27.0 Å². The molecule has 4 N–H and O–H groups in total. The summed E-state index contributed by atoms with van der Waals surface area (Å²) in [6, 6.07) is 11.9. The van der Waals surface area contributed by atoms with Gasteiger partial charge in [0.05, 0.1) is 12.8 Å². The monoisotopic (exact) mass is 428 g/mol. The van der Waals surface area contributed by atoms with Crippen molar-refractivity contribution >= 4 is 33.3 Å². The average Bonchev–Trinajstić information content (AvgIpc) is 3.37. The maximum absolute atomic E-state index is 12.0. The molecule has 0 radical (unpaired) electrons. The molecule has 0 aliphatic rings. The predicted molar refractivity (Wildman–Crippen MR) is 121 cm³/mol. The quantitative estimate of drug-likeness (QED) is 0.238. The van der Waals surface area contributed by atoms with Crippen LogP contribution in [0.4, 0.5) is 0 Å². The van der Waals surface area contributed by atoms with Crippen LogP contribution in [0.3, 0.4) is 0 Å². The van der Waals surface area contributed by atoms with E-state index in [1.165, 1.54) is 6.26 Å². The molecule has 3 aromatic rings. The van der Waals surface area contributed by atoms with Gasteiger partial charge in [-0.1, -0.05) is 18.2 Å². The summed E-state index contributed by atoms with van der Waals surface area (Å²) < 4.78 is 6.34. The van der Waals surface area contributed by atoms with Crippen molar-refractivity contribution in [1.82, 2.24) is 16.0 Å². The number of nitrogens with zero attached hydrogens (tertiary/aromatic N) is 1. The molecule has 0 bridgehead atoms. The van der Waals surface area contributed by atoms with E-state index in [0.717, 1.165) is 33.5 Å². The normalized spacial score (nSPS) is 12.7. The first-order valence-electron chi connectivity index (χ1n) is 10.1. The minimum Gasteiger partial charge on any atom is -0.459 e. The number of rotatable bonds is 9. The molecule has 7 nitrogen and oxygen atoms in total. The van der Waals surface area contributed by atoms with Crippen LogP contribution in [0.15, 0.2) is 52.1 Å². The lowest BCUT2D eigenvalue weighted by atomic mass is 10.2. The zero-order valence-corrected chi connectivity index (χ0v) is 18.1. The number of benzene rings is 1. The first-order valence-corrected chi connectivity index (χ1v) is 10.9. The molecule has 8 heteroatoms. The number of hydrogen-bond acceptors (Lipinski definition) is 5. The number of guanidine groups is 1. The molecule has 2 heterocycles. The maximum Gasteiger partial charge on any atom is 0.287 e. The zero-order chi connectivity index (χ0) is 21.3. The summed E-state index contributed by atoms with van der Waals surface area (Å²) >= 11 is 1.59. The number of furan rings is 1. The first-order chi connectivity index (χ1) is 14.6. The Bertz CT molecular complexity index is 962. The van der Waals surface area contributed by atoms with E-state index in [4.69, 9.17) is 4.42 Å². The average molecular weight is 429 g/mol. The highest BCUT2D eigenvalue weighted by Crippen LogP contribution is 2.29. The number of aliphatic hydroxyl groups excluding tert-OH is 1. The van der Waals surface area contributed by atoms with Crippen LogP contribution in [0.5, 0.6) is 0 Å². The zero-order valence-electron chi connectivity index (χ0n) is 17.3. The number of aryl methyl sites for hydroxylation is 1. The molecule has 0 saturated carbocycles. The van der Waals surface area contributed by atoms with Crippen LogP contribution in [0.2, 0.25) is 0 Å². The largest absolute Gasteiger partial charge is 0.459 e. The lowest BCUT2D eigenvalue weighted by Gasteiger charge is -2.12. The number of amides is 1. The van der Waals surface area contributed by atoms with Gasteiger partial charge in [0.15, 0.2) is 11.7 Å². The van der Waals surface area contributed by atoms with E-state index in [1.807, 2.05) is 38.1 Å². The number of aliphatic hydroxyl groups is 1. The van der Waals surface area contributed by atoms with Crippen molar-refractivity contribution in [3.05, 3.63) is 58.9 Å². The number of carbonyl (C=O) groups excluding carboxylic acids is 1. The number of hydrogen-bond donors (Lipinski definition) is 4. The van der Waals surface area contributed by atoms with Crippen molar-refractivity contribution < 1.29 is 14.3 Å². The molecule has 0 aliphatic carbocycles. The Morgan fingerprint density at radius 3 is 2.73 bits per heavy atom. The maximum atomic E-state index is 12.0. The van der Waals surface area contributed by atoms with Gasteiger partial charge in [0.25, 0.3) is 5.91 Å². The predicted octanol–water partition coefficient (Wildman–Crippen LogP) is 3.21. The summed E-state index contributed by atoms with van der Waals surface area (Å²) in [5, 5.41) is 20.9. The minimum atomic E-state index is -0.645. The van der Waals surface area contributed by atoms with Gasteiger partial charge in [0.1, 0.15) is 6.10 Å². The Morgan fingerprint density at radius 1 is 1.20 bits per heavy atom. The molecule has 0 spiro atoms. The van der Waals surface area contributed by atoms with Crippen LogP contribution in [-0.4, -0.2) is 43.2 Å². The Kier molecular flexibility index (Phi) is 7.87. The summed E-state index contributed by atoms with van der Waals surface area (Å²) in [7, 11) is 0. The van der Waals surface area contributed by atoms with Crippen LogP contribution < -0.4 is 16.0 Å². The summed E-state index contributed by atoms with van der Waals surface area (Å²) in [5.74, 6) is 0.795. The summed E-state index contributed by atoms with van der Waals surface area (Å²) in [6.07, 6.45) is 1.60. The molecule has 0 fully saturated rings. The van der Waals surface area contributed by atoms with Gasteiger partial charge in [-0.15, -0.1) is 11.3 Å². The lowest BCUT2D eigenvalue weighted by molar-refractivity contribution is 0.0925. The molecule has 30 heavy (non-hydrogen) atoms. The van der Waals surface area contributed by atoms with Crippen LogP contribution in [-0.2, 0) is 0 Å². The number of carbonyl (C=O) groups is 1. The van der Waals surface area contributed by atoms with E-state index < -0.39 is 6.10 Å². The Hall–Kier alpha value is -2.84. The molecule has 2 aromatic heterocycles. The number of nitrogens with one attached hydrogen (secondary N) is 3. The highest BCUT2D eigenvalue weighted by atomic mass is 32.1. The third-order valence-corrected chi connectivity index (χ3v) is 5.76. The molecule has 1 unspecified atom stereocenters. The number of aliphatic imine (C=N–C) groups is 1. The fourth-order valence-corrected chi connectivity index (χ4v) is 4.00. The van der Waals surface area contributed by atoms with Crippen molar-refractivity contribution in [2.75, 3.05) is 26.2 Å². The van der Waals surface area contributed by atoms with Crippen molar-refractivity contribution in [3.8, 4) is 0 Å². The lowest BCUT2D eigenvalue weighted by Crippen LogP contribution is -2.39. The number of fused-ring (bicyclic) bond motifs is 1. The standard InChI is InChI=1S/C22H28N4O3S/c1-3-23-22(25-11-6-10-24-21(28)20-15(2)9-12-29-20)26-14-17(27)19-13-16-7-4-5-8-18(16)30-19/h4-5,7-9,12-13,17,27H,3,6,10-11,14H2,1-2H3,(H,24,28)(H2,23,25,26). The minimum absolute atomic E-state index is 0.204. The molecular weight excluding hydrogens is 400 g/mol. The smallest absolute Gasteiger partial charge is 0.287 e. The van der Waals surface area contributed by atoms with Gasteiger partial charge in [-0.2, -0.15) is 0 Å². The van der Waals surface area contributed by atoms with Crippen LogP contribution in [0.1, 0.15) is 40.4 Å². The van der Waals surface area contributed by atoms with E-state index in [0.29, 0.717) is 24.8 Å². The van der Waals surface area contributed by atoms with Gasteiger partial charge in [0.2, 0.25) is 0 Å². The van der Waals surface area contributed by atoms with Crippen molar-refractivity contribution in [1.29, 1.82) is 0 Å². The second-order valence-electron chi connectivity index (χ2n) is 6.89. The van der Waals surface area contributed by atoms with Gasteiger partial charge in [0, 0.05) is 34.8 Å². The molecule has 1 aromatic carbocycles.